The van der Waals surface area contributed by atoms with Gasteiger partial charge >= 0.3 is 5.69 Å². The molecule has 7 heteroatoms. The Morgan fingerprint density at radius 3 is 2.75 bits per heavy atom. The first-order valence-corrected chi connectivity index (χ1v) is 8.76. The number of hydrogen-bond acceptors (Lipinski definition) is 4. The molecule has 24 heavy (non-hydrogen) atoms. The molecule has 1 spiro atoms. The molecule has 2 fully saturated rings. The maximum atomic E-state index is 12.4. The number of hydrogen-bond donors (Lipinski definition) is 3. The quantitative estimate of drug-likeness (QED) is 0.738. The van der Waals surface area contributed by atoms with Crippen molar-refractivity contribution >= 4 is 5.91 Å². The monoisotopic (exact) mass is 336 g/mol. The number of aromatic nitrogens is 2. The zero-order valence-electron chi connectivity index (χ0n) is 14.9. The summed E-state index contributed by atoms with van der Waals surface area (Å²) in [6.07, 6.45) is 2.39. The number of aliphatic hydroxyl groups is 1. The molecule has 2 unspecified atom stereocenters. The molecule has 1 amide bonds. The highest BCUT2D eigenvalue weighted by Crippen LogP contribution is 2.52. The highest BCUT2D eigenvalue weighted by atomic mass is 16.3. The third-order valence-corrected chi connectivity index (χ3v) is 5.83. The third-order valence-electron chi connectivity index (χ3n) is 5.83. The number of aliphatic hydroxyl groups excluding tert-OH is 1. The minimum absolute atomic E-state index is 0.0889. The molecule has 1 saturated carbocycles. The van der Waals surface area contributed by atoms with Crippen molar-refractivity contribution in [2.75, 3.05) is 13.1 Å². The van der Waals surface area contributed by atoms with Crippen molar-refractivity contribution in [3.8, 4) is 0 Å². The fourth-order valence-corrected chi connectivity index (χ4v) is 4.94. The zero-order valence-corrected chi connectivity index (χ0v) is 14.9. The molecular weight excluding hydrogens is 308 g/mol. The van der Waals surface area contributed by atoms with Gasteiger partial charge in [0.2, 0.25) is 0 Å². The number of imidazole rings is 1. The average Bonchev–Trinajstić information content (AvgIpc) is 2.99. The average molecular weight is 336 g/mol. The normalized spacial score (nSPS) is 33.2. The molecule has 2 heterocycles. The first-order valence-electron chi connectivity index (χ1n) is 8.76. The number of amides is 1. The molecule has 3 rings (SSSR count). The van der Waals surface area contributed by atoms with Crippen LogP contribution >= 0.6 is 0 Å². The summed E-state index contributed by atoms with van der Waals surface area (Å²) in [5, 5.41) is 13.4. The van der Waals surface area contributed by atoms with Gasteiger partial charge in [0, 0.05) is 31.2 Å². The summed E-state index contributed by atoms with van der Waals surface area (Å²) in [5.74, 6) is 0.204. The lowest BCUT2D eigenvalue weighted by Gasteiger charge is -2.58. The smallest absolute Gasteiger partial charge is 0.325 e. The number of carbonyl (C=O) groups excluding carboxylic acids is 1. The van der Waals surface area contributed by atoms with E-state index in [4.69, 9.17) is 0 Å². The maximum Gasteiger partial charge on any atom is 0.325 e. The number of likely N-dealkylation sites (tertiary alicyclic amines) is 1. The van der Waals surface area contributed by atoms with Crippen LogP contribution in [0, 0.1) is 11.3 Å². The van der Waals surface area contributed by atoms with Crippen molar-refractivity contribution in [1.29, 1.82) is 0 Å². The van der Waals surface area contributed by atoms with E-state index >= 15 is 0 Å². The van der Waals surface area contributed by atoms with Crippen LogP contribution in [-0.2, 0) is 7.05 Å². The first kappa shape index (κ1) is 17.2. The van der Waals surface area contributed by atoms with Gasteiger partial charge in [0.15, 0.2) is 0 Å². The lowest BCUT2D eigenvalue weighted by atomic mass is 9.65. The van der Waals surface area contributed by atoms with Crippen molar-refractivity contribution in [3.05, 3.63) is 22.4 Å². The predicted molar refractivity (Wildman–Crippen MR) is 90.8 cm³/mol. The molecule has 1 aliphatic carbocycles. The number of rotatable bonds is 4. The number of H-pyrrole nitrogens is 1. The molecule has 1 saturated heterocycles. The second-order valence-corrected chi connectivity index (χ2v) is 7.71. The van der Waals surface area contributed by atoms with Crippen molar-refractivity contribution in [2.45, 2.75) is 51.8 Å². The van der Waals surface area contributed by atoms with Crippen LogP contribution in [0.3, 0.4) is 0 Å². The van der Waals surface area contributed by atoms with Crippen molar-refractivity contribution < 1.29 is 9.90 Å². The van der Waals surface area contributed by atoms with Crippen LogP contribution in [0.4, 0.5) is 0 Å². The fraction of sp³-hybridized carbons (Fsp3) is 0.765. The Bertz CT molecular complexity index is 680. The molecule has 0 bridgehead atoms. The zero-order chi connectivity index (χ0) is 17.6. The van der Waals surface area contributed by atoms with E-state index in [-0.39, 0.29) is 28.7 Å². The van der Waals surface area contributed by atoms with E-state index in [0.29, 0.717) is 12.0 Å². The third kappa shape index (κ3) is 2.59. The Balaban J connectivity index is 1.72. The van der Waals surface area contributed by atoms with Gasteiger partial charge in [0.1, 0.15) is 5.69 Å². The van der Waals surface area contributed by atoms with Crippen LogP contribution in [0.5, 0.6) is 0 Å². The van der Waals surface area contributed by atoms with Gasteiger partial charge in [-0.1, -0.05) is 20.8 Å². The Morgan fingerprint density at radius 1 is 1.50 bits per heavy atom. The molecule has 2 aliphatic rings. The molecule has 134 valence electrons. The summed E-state index contributed by atoms with van der Waals surface area (Å²) in [4.78, 5) is 28.8. The number of aromatic amines is 1. The van der Waals surface area contributed by atoms with Crippen LogP contribution in [-0.4, -0.2) is 56.7 Å². The van der Waals surface area contributed by atoms with Crippen LogP contribution in [0.25, 0.3) is 0 Å². The fourth-order valence-electron chi connectivity index (χ4n) is 4.94. The van der Waals surface area contributed by atoms with Gasteiger partial charge in [-0.3, -0.25) is 14.3 Å². The summed E-state index contributed by atoms with van der Waals surface area (Å²) in [6, 6.07) is 0.193. The van der Waals surface area contributed by atoms with E-state index in [0.717, 1.165) is 25.9 Å². The van der Waals surface area contributed by atoms with E-state index < -0.39 is 6.10 Å². The highest BCUT2D eigenvalue weighted by molar-refractivity contribution is 5.92. The summed E-state index contributed by atoms with van der Waals surface area (Å²) in [7, 11) is 1.56. The standard InChI is InChI=1S/C17H28N4O3/c1-5-21-9-17(14(21)10(2)3)6-11(13(22)7-17)19-15(23)12-8-18-16(24)20(12)4/h8,10-11,13-14,22H,5-7,9H2,1-4H3,(H,18,24)(H,19,23)/t11-,13-,14?,17?/m1/s1. The van der Waals surface area contributed by atoms with Crippen LogP contribution in [0.2, 0.25) is 0 Å². The number of nitrogens with one attached hydrogen (secondary N) is 2. The van der Waals surface area contributed by atoms with Crippen LogP contribution in [0.15, 0.2) is 11.0 Å². The molecule has 4 atom stereocenters. The minimum Gasteiger partial charge on any atom is -0.391 e. The van der Waals surface area contributed by atoms with Gasteiger partial charge in [0.05, 0.1) is 12.1 Å². The Hall–Kier alpha value is -1.60. The van der Waals surface area contributed by atoms with Gasteiger partial charge in [-0.05, 0) is 25.3 Å². The van der Waals surface area contributed by atoms with Gasteiger partial charge < -0.3 is 15.4 Å². The number of nitrogens with zero attached hydrogens (tertiary/aromatic N) is 2. The molecule has 7 nitrogen and oxygen atoms in total. The van der Waals surface area contributed by atoms with Gasteiger partial charge in [-0.15, -0.1) is 0 Å². The first-order chi connectivity index (χ1) is 11.3. The second-order valence-electron chi connectivity index (χ2n) is 7.71. The predicted octanol–water partition coefficient (Wildman–Crippen LogP) is 0.313. The maximum absolute atomic E-state index is 12.4. The molecule has 1 aliphatic heterocycles. The molecule has 1 aromatic heterocycles. The SMILES string of the molecule is CCN1CC2(C[C@@H](O)[C@H](NC(=O)c3c[nH]c(=O)n3C)C2)C1C(C)C. The van der Waals surface area contributed by atoms with Crippen LogP contribution < -0.4 is 11.0 Å². The van der Waals surface area contributed by atoms with Crippen LogP contribution in [0.1, 0.15) is 44.1 Å². The van der Waals surface area contributed by atoms with Gasteiger partial charge in [-0.25, -0.2) is 4.79 Å². The van der Waals surface area contributed by atoms with Gasteiger partial charge in [0.25, 0.3) is 5.91 Å². The van der Waals surface area contributed by atoms with Gasteiger partial charge in [-0.2, -0.15) is 0 Å². The summed E-state index contributed by atoms with van der Waals surface area (Å²) < 4.78 is 1.28. The Labute approximate surface area is 142 Å². The second kappa shape index (κ2) is 6.04. The van der Waals surface area contributed by atoms with Crippen molar-refractivity contribution in [2.24, 2.45) is 18.4 Å². The van der Waals surface area contributed by atoms with E-state index in [1.165, 1.54) is 10.8 Å². The van der Waals surface area contributed by atoms with E-state index in [2.05, 4.69) is 36.0 Å². The summed E-state index contributed by atoms with van der Waals surface area (Å²) >= 11 is 0. The van der Waals surface area contributed by atoms with Crippen molar-refractivity contribution in [1.82, 2.24) is 19.8 Å². The number of carbonyl (C=O) groups is 1. The molecular formula is C17H28N4O3. The molecule has 0 radical (unpaired) electrons. The lowest BCUT2D eigenvalue weighted by molar-refractivity contribution is -0.0963. The molecule has 1 aromatic rings. The largest absolute Gasteiger partial charge is 0.391 e. The molecule has 3 N–H and O–H groups in total. The Morgan fingerprint density at radius 2 is 2.21 bits per heavy atom. The van der Waals surface area contributed by atoms with E-state index in [9.17, 15) is 14.7 Å². The van der Waals surface area contributed by atoms with Crippen molar-refractivity contribution in [3.63, 3.8) is 0 Å². The minimum atomic E-state index is -0.537. The highest BCUT2D eigenvalue weighted by Gasteiger charge is 2.58. The topological polar surface area (TPSA) is 90.4 Å². The van der Waals surface area contributed by atoms with E-state index in [1.54, 1.807) is 7.05 Å². The molecule has 0 aromatic carbocycles. The summed E-state index contributed by atoms with van der Waals surface area (Å²) in [5.41, 5.74) is 0.0596. The Kier molecular flexibility index (Phi) is 4.34. The lowest BCUT2D eigenvalue weighted by Crippen LogP contribution is -2.65. The van der Waals surface area contributed by atoms with E-state index in [1.807, 2.05) is 0 Å². The summed E-state index contributed by atoms with van der Waals surface area (Å²) in [6.45, 7) is 8.62.